The molecule has 0 saturated heterocycles. The first-order chi connectivity index (χ1) is 5.57. The zero-order valence-electron chi connectivity index (χ0n) is 5.93. The van der Waals surface area contributed by atoms with Crippen molar-refractivity contribution in [2.45, 2.75) is 6.29 Å². The summed E-state index contributed by atoms with van der Waals surface area (Å²) in [7, 11) is 0. The van der Waals surface area contributed by atoms with Gasteiger partial charge in [0, 0.05) is 0 Å². The Morgan fingerprint density at radius 3 is 2.33 bits per heavy atom. The van der Waals surface area contributed by atoms with Crippen molar-refractivity contribution in [1.29, 1.82) is 0 Å². The zero-order valence-corrected chi connectivity index (χ0v) is 5.93. The van der Waals surface area contributed by atoms with Gasteiger partial charge in [0.2, 0.25) is 5.76 Å². The fraction of sp³-hybridized carbons (Fsp3) is 0.333. The van der Waals surface area contributed by atoms with Gasteiger partial charge in [-0.2, -0.15) is 0 Å². The molecule has 1 aliphatic heterocycles. The predicted molar refractivity (Wildman–Crippen MR) is 36.1 cm³/mol. The van der Waals surface area contributed by atoms with E-state index in [0.29, 0.717) is 0 Å². The lowest BCUT2D eigenvalue weighted by atomic mass is 10.1. The zero-order chi connectivity index (χ0) is 9.30. The third-order valence-electron chi connectivity index (χ3n) is 1.41. The van der Waals surface area contributed by atoms with E-state index in [1.165, 1.54) is 0 Å². The molecular formula is C6H8O6. The van der Waals surface area contributed by atoms with Crippen LogP contribution < -0.4 is 0 Å². The molecular weight excluding hydrogens is 168 g/mol. The van der Waals surface area contributed by atoms with E-state index in [1.807, 2.05) is 0 Å². The third-order valence-corrected chi connectivity index (χ3v) is 1.41. The molecule has 1 rings (SSSR count). The highest BCUT2D eigenvalue weighted by molar-refractivity contribution is 5.31. The molecule has 6 nitrogen and oxygen atoms in total. The van der Waals surface area contributed by atoms with E-state index in [1.54, 1.807) is 0 Å². The summed E-state index contributed by atoms with van der Waals surface area (Å²) in [5.41, 5.74) is -0.355. The van der Waals surface area contributed by atoms with Crippen LogP contribution in [0.1, 0.15) is 0 Å². The molecule has 0 saturated carbocycles. The average molecular weight is 176 g/mol. The van der Waals surface area contributed by atoms with Crippen molar-refractivity contribution in [1.82, 2.24) is 0 Å². The van der Waals surface area contributed by atoms with Crippen LogP contribution >= 0.6 is 0 Å². The molecule has 1 aliphatic rings. The van der Waals surface area contributed by atoms with E-state index in [-0.39, 0.29) is 5.57 Å². The van der Waals surface area contributed by atoms with E-state index >= 15 is 0 Å². The van der Waals surface area contributed by atoms with Crippen molar-refractivity contribution >= 4 is 0 Å². The average Bonchev–Trinajstić information content (AvgIpc) is 2.02. The van der Waals surface area contributed by atoms with Crippen LogP contribution in [0, 0.1) is 0 Å². The third kappa shape index (κ3) is 1.17. The Bertz CT molecular complexity index is 253. The Morgan fingerprint density at radius 2 is 1.83 bits per heavy atom. The summed E-state index contributed by atoms with van der Waals surface area (Å²) in [6.07, 6.45) is -1.75. The van der Waals surface area contributed by atoms with Crippen LogP contribution in [0.2, 0.25) is 0 Å². The maximum Gasteiger partial charge on any atom is 0.324 e. The van der Waals surface area contributed by atoms with Crippen LogP contribution in [-0.4, -0.2) is 38.4 Å². The summed E-state index contributed by atoms with van der Waals surface area (Å²) in [6, 6.07) is 0. The van der Waals surface area contributed by atoms with Gasteiger partial charge in [-0.05, 0) is 0 Å². The van der Waals surface area contributed by atoms with E-state index < -0.39 is 30.4 Å². The Kier molecular flexibility index (Phi) is 2.11. The first-order valence-corrected chi connectivity index (χ1v) is 3.08. The molecule has 0 radical (unpaired) electrons. The number of rotatable bonds is 1. The molecule has 68 valence electrons. The molecule has 0 aromatic carbocycles. The van der Waals surface area contributed by atoms with E-state index in [4.69, 9.17) is 25.5 Å². The lowest BCUT2D eigenvalue weighted by Gasteiger charge is -2.20. The minimum Gasteiger partial charge on any atom is -0.506 e. The molecule has 0 aliphatic carbocycles. The van der Waals surface area contributed by atoms with Gasteiger partial charge in [-0.3, -0.25) is 0 Å². The normalized spacial score (nSPS) is 24.3. The Hall–Kier alpha value is -1.40. The lowest BCUT2D eigenvalue weighted by Crippen LogP contribution is -2.24. The number of hydrogen-bond donors (Lipinski definition) is 5. The second-order valence-electron chi connectivity index (χ2n) is 2.15. The molecule has 0 amide bonds. The summed E-state index contributed by atoms with van der Waals surface area (Å²) in [5, 5.41) is 44.1. The van der Waals surface area contributed by atoms with Gasteiger partial charge in [0.1, 0.15) is 0 Å². The van der Waals surface area contributed by atoms with Gasteiger partial charge in [0.15, 0.2) is 5.76 Å². The Morgan fingerprint density at radius 1 is 1.25 bits per heavy atom. The van der Waals surface area contributed by atoms with Crippen molar-refractivity contribution in [2.75, 3.05) is 6.61 Å². The molecule has 6 heteroatoms. The van der Waals surface area contributed by atoms with Gasteiger partial charge in [0.05, 0.1) is 12.2 Å². The number of aliphatic hydroxyl groups is 5. The van der Waals surface area contributed by atoms with Crippen molar-refractivity contribution in [2.24, 2.45) is 0 Å². The number of ether oxygens (including phenoxy) is 1. The fourth-order valence-electron chi connectivity index (χ4n) is 0.773. The number of aliphatic hydroxyl groups excluding tert-OH is 5. The van der Waals surface area contributed by atoms with E-state index in [0.717, 1.165) is 0 Å². The summed E-state index contributed by atoms with van der Waals surface area (Å²) in [6.45, 7) is -0.706. The molecule has 1 heterocycles. The van der Waals surface area contributed by atoms with Crippen molar-refractivity contribution in [3.05, 3.63) is 23.0 Å². The van der Waals surface area contributed by atoms with E-state index in [2.05, 4.69) is 4.74 Å². The van der Waals surface area contributed by atoms with Gasteiger partial charge in [-0.1, -0.05) is 0 Å². The van der Waals surface area contributed by atoms with Crippen molar-refractivity contribution in [3.8, 4) is 0 Å². The van der Waals surface area contributed by atoms with Gasteiger partial charge >= 0.3 is 5.95 Å². The molecule has 5 N–H and O–H groups in total. The maximum atomic E-state index is 8.96. The van der Waals surface area contributed by atoms with Gasteiger partial charge < -0.3 is 30.3 Å². The fourth-order valence-corrected chi connectivity index (χ4v) is 0.773. The highest BCUT2D eigenvalue weighted by atomic mass is 16.7. The second-order valence-corrected chi connectivity index (χ2v) is 2.15. The molecule has 0 spiro atoms. The molecule has 1 unspecified atom stereocenters. The highest BCUT2D eigenvalue weighted by Crippen LogP contribution is 2.23. The maximum absolute atomic E-state index is 8.96. The summed E-state index contributed by atoms with van der Waals surface area (Å²) < 4.78 is 4.16. The number of hydrogen-bond acceptors (Lipinski definition) is 6. The van der Waals surface area contributed by atoms with Gasteiger partial charge in [-0.25, -0.2) is 0 Å². The van der Waals surface area contributed by atoms with Gasteiger partial charge in [-0.15, -0.1) is 0 Å². The molecule has 0 fully saturated rings. The molecule has 1 atom stereocenters. The van der Waals surface area contributed by atoms with Crippen LogP contribution in [-0.2, 0) is 4.74 Å². The van der Waals surface area contributed by atoms with Crippen molar-refractivity contribution in [3.63, 3.8) is 0 Å². The first-order valence-electron chi connectivity index (χ1n) is 3.08. The molecule has 12 heavy (non-hydrogen) atoms. The molecule has 0 aromatic heterocycles. The van der Waals surface area contributed by atoms with E-state index in [9.17, 15) is 0 Å². The Labute approximate surface area is 67.3 Å². The van der Waals surface area contributed by atoms with Crippen LogP contribution in [0.3, 0.4) is 0 Å². The molecule has 0 aromatic rings. The lowest BCUT2D eigenvalue weighted by molar-refractivity contribution is -0.108. The summed E-state index contributed by atoms with van der Waals surface area (Å²) in [4.78, 5) is 0. The molecule has 0 bridgehead atoms. The SMILES string of the molecule is OCC1=C(O)C(O)OC(O)=C1O. The smallest absolute Gasteiger partial charge is 0.324 e. The summed E-state index contributed by atoms with van der Waals surface area (Å²) >= 11 is 0. The summed E-state index contributed by atoms with van der Waals surface area (Å²) in [5.74, 6) is -2.42. The van der Waals surface area contributed by atoms with Crippen molar-refractivity contribution < 1.29 is 30.3 Å². The topological polar surface area (TPSA) is 110 Å². The second kappa shape index (κ2) is 2.92. The monoisotopic (exact) mass is 176 g/mol. The standard InChI is InChI=1S/C6H8O6/c7-1-2-3(8)5(10)12-6(11)4(2)9/h5,7-11H,1H2. The minimum atomic E-state index is -1.75. The van der Waals surface area contributed by atoms with Crippen LogP contribution in [0.25, 0.3) is 0 Å². The Balaban J connectivity index is 3.09. The predicted octanol–water partition coefficient (Wildman–Crippen LogP) is -0.575. The highest BCUT2D eigenvalue weighted by Gasteiger charge is 2.28. The van der Waals surface area contributed by atoms with Gasteiger partial charge in [0.25, 0.3) is 6.29 Å². The van der Waals surface area contributed by atoms with Crippen LogP contribution in [0.15, 0.2) is 23.0 Å². The van der Waals surface area contributed by atoms with Crippen LogP contribution in [0.4, 0.5) is 0 Å². The minimum absolute atomic E-state index is 0.355. The van der Waals surface area contributed by atoms with Crippen LogP contribution in [0.5, 0.6) is 0 Å². The quantitative estimate of drug-likeness (QED) is 0.365. The largest absolute Gasteiger partial charge is 0.506 e. The first kappa shape index (κ1) is 8.69.